The molecule has 1 heterocycles. The molecule has 0 aliphatic carbocycles. The van der Waals surface area contributed by atoms with Crippen LogP contribution in [0.5, 0.6) is 0 Å². The van der Waals surface area contributed by atoms with Gasteiger partial charge in [0.1, 0.15) is 0 Å². The van der Waals surface area contributed by atoms with Crippen molar-refractivity contribution in [3.05, 3.63) is 29.8 Å². The second-order valence-corrected chi connectivity index (χ2v) is 6.34. The highest BCUT2D eigenvalue weighted by Gasteiger charge is 2.20. The van der Waals surface area contributed by atoms with Crippen LogP contribution < -0.4 is 10.0 Å². The molecule has 1 aromatic rings. The fourth-order valence-corrected chi connectivity index (χ4v) is 3.67. The van der Waals surface area contributed by atoms with Crippen molar-refractivity contribution in [2.75, 3.05) is 13.1 Å². The first-order chi connectivity index (χ1) is 8.63. The predicted molar refractivity (Wildman–Crippen MR) is 79.3 cm³/mol. The van der Waals surface area contributed by atoms with E-state index in [0.29, 0.717) is 11.4 Å². The van der Waals surface area contributed by atoms with Crippen LogP contribution in [0.1, 0.15) is 25.3 Å². The highest BCUT2D eigenvalue weighted by molar-refractivity contribution is 7.89. The molecule has 0 bridgehead atoms. The molecule has 1 aliphatic rings. The number of hydrogen-bond acceptors (Lipinski definition) is 3. The van der Waals surface area contributed by atoms with Gasteiger partial charge in [0.15, 0.2) is 0 Å². The maximum absolute atomic E-state index is 12.2. The fraction of sp³-hybridized carbons (Fsp3) is 0.538. The third-order valence-electron chi connectivity index (χ3n) is 3.33. The predicted octanol–water partition coefficient (Wildman–Crippen LogP) is 1.70. The van der Waals surface area contributed by atoms with Gasteiger partial charge in [-0.25, -0.2) is 13.1 Å². The third-order valence-corrected chi connectivity index (χ3v) is 4.85. The average Bonchev–Trinajstić information content (AvgIpc) is 2.89. The van der Waals surface area contributed by atoms with E-state index in [2.05, 4.69) is 10.0 Å². The van der Waals surface area contributed by atoms with Gasteiger partial charge in [0.25, 0.3) is 0 Å². The zero-order valence-corrected chi connectivity index (χ0v) is 12.7. The van der Waals surface area contributed by atoms with Gasteiger partial charge in [-0.2, -0.15) is 0 Å². The van der Waals surface area contributed by atoms with Crippen LogP contribution in [0.3, 0.4) is 0 Å². The Morgan fingerprint density at radius 2 is 2.11 bits per heavy atom. The number of aryl methyl sites for hydroxylation is 1. The lowest BCUT2D eigenvalue weighted by Crippen LogP contribution is -2.37. The van der Waals surface area contributed by atoms with E-state index in [4.69, 9.17) is 0 Å². The first-order valence-corrected chi connectivity index (χ1v) is 7.93. The van der Waals surface area contributed by atoms with Gasteiger partial charge >= 0.3 is 0 Å². The van der Waals surface area contributed by atoms with E-state index in [-0.39, 0.29) is 18.4 Å². The Morgan fingerprint density at radius 1 is 1.37 bits per heavy atom. The second kappa shape index (κ2) is 7.24. The van der Waals surface area contributed by atoms with Crippen molar-refractivity contribution in [2.24, 2.45) is 0 Å². The molecule has 2 rings (SSSR count). The minimum atomic E-state index is -3.38. The molecule has 108 valence electrons. The Balaban J connectivity index is 0.00000180. The summed E-state index contributed by atoms with van der Waals surface area (Å²) in [5.41, 5.74) is 0.865. The number of hydrogen-bond donors (Lipinski definition) is 2. The Hall–Kier alpha value is -0.620. The van der Waals surface area contributed by atoms with Crippen molar-refractivity contribution in [1.82, 2.24) is 10.0 Å². The SMILES string of the molecule is CCc1ccccc1S(=O)(=O)NCC1CCCN1.Cl. The molecule has 1 fully saturated rings. The molecule has 1 saturated heterocycles. The maximum Gasteiger partial charge on any atom is 0.240 e. The molecule has 0 aromatic heterocycles. The van der Waals surface area contributed by atoms with E-state index >= 15 is 0 Å². The molecule has 0 amide bonds. The van der Waals surface area contributed by atoms with E-state index in [0.717, 1.165) is 31.4 Å². The smallest absolute Gasteiger partial charge is 0.240 e. The number of nitrogens with one attached hydrogen (secondary N) is 2. The van der Waals surface area contributed by atoms with Crippen molar-refractivity contribution in [3.63, 3.8) is 0 Å². The Morgan fingerprint density at radius 3 is 2.74 bits per heavy atom. The molecule has 0 spiro atoms. The molecule has 1 unspecified atom stereocenters. The van der Waals surface area contributed by atoms with E-state index in [1.807, 2.05) is 19.1 Å². The summed E-state index contributed by atoms with van der Waals surface area (Å²) in [6.07, 6.45) is 2.88. The van der Waals surface area contributed by atoms with Crippen LogP contribution >= 0.6 is 12.4 Å². The summed E-state index contributed by atoms with van der Waals surface area (Å²) in [5, 5.41) is 3.28. The standard InChI is InChI=1S/C13H20N2O2S.ClH/c1-2-11-6-3-4-8-13(11)18(16,17)15-10-12-7-5-9-14-12;/h3-4,6,8,12,14-15H,2,5,7,9-10H2,1H3;1H. The average molecular weight is 305 g/mol. The van der Waals surface area contributed by atoms with Gasteiger partial charge < -0.3 is 5.32 Å². The molecule has 19 heavy (non-hydrogen) atoms. The van der Waals surface area contributed by atoms with Crippen LogP contribution in [0.25, 0.3) is 0 Å². The summed E-state index contributed by atoms with van der Waals surface area (Å²) in [4.78, 5) is 0.408. The summed E-state index contributed by atoms with van der Waals surface area (Å²) in [5.74, 6) is 0. The molecule has 4 nitrogen and oxygen atoms in total. The molecule has 6 heteroatoms. The van der Waals surface area contributed by atoms with Crippen molar-refractivity contribution in [3.8, 4) is 0 Å². The zero-order chi connectivity index (χ0) is 13.0. The van der Waals surface area contributed by atoms with Crippen molar-refractivity contribution >= 4 is 22.4 Å². The Kier molecular flexibility index (Phi) is 6.26. The topological polar surface area (TPSA) is 58.2 Å². The zero-order valence-electron chi connectivity index (χ0n) is 11.1. The molecule has 2 N–H and O–H groups in total. The summed E-state index contributed by atoms with van der Waals surface area (Å²) in [7, 11) is -3.38. The molecule has 1 atom stereocenters. The maximum atomic E-state index is 12.2. The molecule has 1 aliphatic heterocycles. The summed E-state index contributed by atoms with van der Waals surface area (Å²) in [6, 6.07) is 7.44. The van der Waals surface area contributed by atoms with Gasteiger partial charge in [-0.15, -0.1) is 12.4 Å². The lowest BCUT2D eigenvalue weighted by molar-refractivity contribution is 0.551. The number of halogens is 1. The molecule has 0 radical (unpaired) electrons. The Bertz CT molecular complexity index is 499. The number of sulfonamides is 1. The van der Waals surface area contributed by atoms with Crippen LogP contribution in [0.2, 0.25) is 0 Å². The number of benzene rings is 1. The lowest BCUT2D eigenvalue weighted by atomic mass is 10.2. The van der Waals surface area contributed by atoms with Crippen LogP contribution in [-0.2, 0) is 16.4 Å². The van der Waals surface area contributed by atoms with E-state index < -0.39 is 10.0 Å². The summed E-state index contributed by atoms with van der Waals surface area (Å²) >= 11 is 0. The quantitative estimate of drug-likeness (QED) is 0.870. The number of rotatable bonds is 5. The first-order valence-electron chi connectivity index (χ1n) is 6.44. The molecule has 0 saturated carbocycles. The summed E-state index contributed by atoms with van der Waals surface area (Å²) in [6.45, 7) is 3.42. The normalized spacial score (nSPS) is 19.1. The van der Waals surface area contributed by atoms with Crippen molar-refractivity contribution in [2.45, 2.75) is 37.1 Å². The van der Waals surface area contributed by atoms with Gasteiger partial charge in [-0.1, -0.05) is 25.1 Å². The monoisotopic (exact) mass is 304 g/mol. The first kappa shape index (κ1) is 16.4. The molecular formula is C13H21ClN2O2S. The van der Waals surface area contributed by atoms with Crippen LogP contribution in [0.15, 0.2) is 29.2 Å². The molecule has 1 aromatic carbocycles. The fourth-order valence-electron chi connectivity index (χ4n) is 2.28. The third kappa shape index (κ3) is 4.18. The van der Waals surface area contributed by atoms with Gasteiger partial charge in [-0.05, 0) is 37.4 Å². The second-order valence-electron chi connectivity index (χ2n) is 4.61. The minimum absolute atomic E-state index is 0. The van der Waals surface area contributed by atoms with Crippen molar-refractivity contribution < 1.29 is 8.42 Å². The largest absolute Gasteiger partial charge is 0.313 e. The highest BCUT2D eigenvalue weighted by Crippen LogP contribution is 2.16. The van der Waals surface area contributed by atoms with E-state index in [1.165, 1.54) is 0 Å². The van der Waals surface area contributed by atoms with Crippen LogP contribution in [0, 0.1) is 0 Å². The highest BCUT2D eigenvalue weighted by atomic mass is 35.5. The van der Waals surface area contributed by atoms with Crippen LogP contribution in [-0.4, -0.2) is 27.5 Å². The van der Waals surface area contributed by atoms with E-state index in [1.54, 1.807) is 12.1 Å². The van der Waals surface area contributed by atoms with Gasteiger partial charge in [0.2, 0.25) is 10.0 Å². The van der Waals surface area contributed by atoms with E-state index in [9.17, 15) is 8.42 Å². The Labute approximate surface area is 121 Å². The summed E-state index contributed by atoms with van der Waals surface area (Å²) < 4.78 is 27.2. The van der Waals surface area contributed by atoms with Gasteiger partial charge in [0.05, 0.1) is 4.90 Å². The molecular weight excluding hydrogens is 284 g/mol. The van der Waals surface area contributed by atoms with Crippen LogP contribution in [0.4, 0.5) is 0 Å². The van der Waals surface area contributed by atoms with Gasteiger partial charge in [-0.3, -0.25) is 0 Å². The minimum Gasteiger partial charge on any atom is -0.313 e. The lowest BCUT2D eigenvalue weighted by Gasteiger charge is -2.13. The van der Waals surface area contributed by atoms with Gasteiger partial charge in [0, 0.05) is 12.6 Å². The van der Waals surface area contributed by atoms with Crippen molar-refractivity contribution in [1.29, 1.82) is 0 Å².